The number of benzene rings is 1. The Balaban J connectivity index is 1.93. The van der Waals surface area contributed by atoms with Crippen molar-refractivity contribution in [3.8, 4) is 0 Å². The molecule has 2 unspecified atom stereocenters. The number of anilines is 1. The maximum Gasteiger partial charge on any atom is 0.226 e. The number of nitrogens with two attached hydrogens (primary N) is 1. The molecule has 90 valence electrons. The minimum atomic E-state index is -0.591. The Kier molecular flexibility index (Phi) is 2.33. The van der Waals surface area contributed by atoms with Gasteiger partial charge in [-0.2, -0.15) is 0 Å². The van der Waals surface area contributed by atoms with E-state index in [2.05, 4.69) is 0 Å². The number of nitrogens with zero attached hydrogens (tertiary/aromatic N) is 1. The van der Waals surface area contributed by atoms with Crippen LogP contribution < -0.4 is 5.73 Å². The Morgan fingerprint density at radius 3 is 2.47 bits per heavy atom. The Hall–Kier alpha value is -1.55. The summed E-state index contributed by atoms with van der Waals surface area (Å²) < 4.78 is 0. The molecule has 1 aromatic carbocycles. The first-order valence-corrected chi connectivity index (χ1v) is 6.01. The molecular weight excluding hydrogens is 216 g/mol. The van der Waals surface area contributed by atoms with Crippen molar-refractivity contribution in [1.82, 2.24) is 4.90 Å². The second-order valence-electron chi connectivity index (χ2n) is 4.92. The van der Waals surface area contributed by atoms with E-state index in [0.29, 0.717) is 11.7 Å². The summed E-state index contributed by atoms with van der Waals surface area (Å²) in [6.45, 7) is 0. The number of hydrogen-bond donors (Lipinski definition) is 2. The molecule has 1 aliphatic heterocycles. The van der Waals surface area contributed by atoms with E-state index in [9.17, 15) is 9.90 Å². The van der Waals surface area contributed by atoms with Crippen LogP contribution in [0.5, 0.6) is 0 Å². The molecular formula is C13H16N2O2. The number of carbonyl (C=O) groups excluding carboxylic acids is 1. The van der Waals surface area contributed by atoms with E-state index in [4.69, 9.17) is 5.73 Å². The van der Waals surface area contributed by atoms with Gasteiger partial charge in [-0.3, -0.25) is 4.79 Å². The second-order valence-corrected chi connectivity index (χ2v) is 4.92. The number of amides is 1. The Labute approximate surface area is 100 Å². The van der Waals surface area contributed by atoms with Gasteiger partial charge in [0.25, 0.3) is 0 Å². The standard InChI is InChI=1S/C13H16N2O2/c14-9-3-1-8(2-4-9)13-11(16)7-12(17)15(13)10-5-6-10/h1-4,10-11,13,16H,5-7,14H2. The van der Waals surface area contributed by atoms with Crippen LogP contribution in [0.4, 0.5) is 5.69 Å². The lowest BCUT2D eigenvalue weighted by molar-refractivity contribution is -0.129. The summed E-state index contributed by atoms with van der Waals surface area (Å²) in [5.41, 5.74) is 7.33. The van der Waals surface area contributed by atoms with Crippen molar-refractivity contribution in [2.24, 2.45) is 0 Å². The Bertz CT molecular complexity index is 439. The maximum absolute atomic E-state index is 11.9. The third kappa shape index (κ3) is 1.78. The molecule has 1 saturated carbocycles. The van der Waals surface area contributed by atoms with E-state index in [1.54, 1.807) is 0 Å². The fraction of sp³-hybridized carbons (Fsp3) is 0.462. The Morgan fingerprint density at radius 2 is 1.88 bits per heavy atom. The highest BCUT2D eigenvalue weighted by atomic mass is 16.3. The molecule has 0 bridgehead atoms. The summed E-state index contributed by atoms with van der Waals surface area (Å²) in [4.78, 5) is 13.7. The fourth-order valence-corrected chi connectivity index (χ4v) is 2.60. The lowest BCUT2D eigenvalue weighted by Crippen LogP contribution is -2.32. The summed E-state index contributed by atoms with van der Waals surface area (Å²) in [7, 11) is 0. The molecule has 0 radical (unpaired) electrons. The van der Waals surface area contributed by atoms with Crippen molar-refractivity contribution in [3.05, 3.63) is 29.8 Å². The van der Waals surface area contributed by atoms with Crippen molar-refractivity contribution in [2.45, 2.75) is 37.5 Å². The number of carbonyl (C=O) groups is 1. The van der Waals surface area contributed by atoms with Gasteiger partial charge in [-0.15, -0.1) is 0 Å². The predicted molar refractivity (Wildman–Crippen MR) is 64.1 cm³/mol. The lowest BCUT2D eigenvalue weighted by Gasteiger charge is -2.26. The first-order chi connectivity index (χ1) is 8.16. The number of nitrogen functional groups attached to an aromatic ring is 1. The van der Waals surface area contributed by atoms with Crippen LogP contribution in [-0.2, 0) is 4.79 Å². The summed E-state index contributed by atoms with van der Waals surface area (Å²) >= 11 is 0. The zero-order valence-electron chi connectivity index (χ0n) is 9.54. The van der Waals surface area contributed by atoms with E-state index in [-0.39, 0.29) is 18.4 Å². The molecule has 3 rings (SSSR count). The molecule has 17 heavy (non-hydrogen) atoms. The van der Waals surface area contributed by atoms with Crippen molar-refractivity contribution in [1.29, 1.82) is 0 Å². The van der Waals surface area contributed by atoms with Crippen LogP contribution in [0.15, 0.2) is 24.3 Å². The van der Waals surface area contributed by atoms with Crippen molar-refractivity contribution in [3.63, 3.8) is 0 Å². The molecule has 0 aromatic heterocycles. The van der Waals surface area contributed by atoms with Gasteiger partial charge in [0.05, 0.1) is 18.6 Å². The van der Waals surface area contributed by atoms with Crippen LogP contribution in [0.25, 0.3) is 0 Å². The SMILES string of the molecule is Nc1ccc(C2C(O)CC(=O)N2C2CC2)cc1. The van der Waals surface area contributed by atoms with Gasteiger partial charge in [-0.05, 0) is 30.5 Å². The topological polar surface area (TPSA) is 66.6 Å². The van der Waals surface area contributed by atoms with E-state index in [0.717, 1.165) is 18.4 Å². The second kappa shape index (κ2) is 3.74. The molecule has 2 atom stereocenters. The van der Waals surface area contributed by atoms with Crippen LogP contribution in [-0.4, -0.2) is 28.1 Å². The molecule has 1 amide bonds. The van der Waals surface area contributed by atoms with Gasteiger partial charge < -0.3 is 15.7 Å². The molecule has 1 aromatic rings. The molecule has 4 nitrogen and oxygen atoms in total. The highest BCUT2D eigenvalue weighted by molar-refractivity contribution is 5.80. The van der Waals surface area contributed by atoms with Gasteiger partial charge in [-0.25, -0.2) is 0 Å². The number of hydrogen-bond acceptors (Lipinski definition) is 3. The molecule has 4 heteroatoms. The number of aliphatic hydroxyl groups is 1. The van der Waals surface area contributed by atoms with Crippen LogP contribution >= 0.6 is 0 Å². The zero-order valence-corrected chi connectivity index (χ0v) is 9.54. The normalized spacial score (nSPS) is 28.8. The minimum Gasteiger partial charge on any atom is -0.399 e. The maximum atomic E-state index is 11.9. The van der Waals surface area contributed by atoms with Gasteiger partial charge in [0.1, 0.15) is 0 Å². The number of rotatable bonds is 2. The average molecular weight is 232 g/mol. The minimum absolute atomic E-state index is 0.0711. The van der Waals surface area contributed by atoms with E-state index >= 15 is 0 Å². The van der Waals surface area contributed by atoms with Gasteiger partial charge in [0.15, 0.2) is 0 Å². The Morgan fingerprint density at radius 1 is 1.24 bits per heavy atom. The highest BCUT2D eigenvalue weighted by Crippen LogP contribution is 2.41. The van der Waals surface area contributed by atoms with E-state index < -0.39 is 6.10 Å². The molecule has 1 saturated heterocycles. The molecule has 3 N–H and O–H groups in total. The zero-order chi connectivity index (χ0) is 12.0. The van der Waals surface area contributed by atoms with Crippen LogP contribution in [0.1, 0.15) is 30.9 Å². The fourth-order valence-electron chi connectivity index (χ4n) is 2.60. The van der Waals surface area contributed by atoms with Crippen LogP contribution in [0.2, 0.25) is 0 Å². The lowest BCUT2D eigenvalue weighted by atomic mass is 10.0. The summed E-state index contributed by atoms with van der Waals surface area (Å²) in [6, 6.07) is 7.58. The van der Waals surface area contributed by atoms with E-state index in [1.807, 2.05) is 29.2 Å². The summed E-state index contributed by atoms with van der Waals surface area (Å²) in [5, 5.41) is 10.0. The molecule has 2 aliphatic rings. The third-order valence-corrected chi connectivity index (χ3v) is 3.55. The van der Waals surface area contributed by atoms with Crippen LogP contribution in [0, 0.1) is 0 Å². The van der Waals surface area contributed by atoms with Crippen molar-refractivity contribution >= 4 is 11.6 Å². The monoisotopic (exact) mass is 232 g/mol. The quantitative estimate of drug-likeness (QED) is 0.749. The van der Waals surface area contributed by atoms with Gasteiger partial charge in [-0.1, -0.05) is 12.1 Å². The van der Waals surface area contributed by atoms with Crippen molar-refractivity contribution in [2.75, 3.05) is 5.73 Å². The first kappa shape index (κ1) is 10.6. The third-order valence-electron chi connectivity index (χ3n) is 3.55. The van der Waals surface area contributed by atoms with Gasteiger partial charge in [0, 0.05) is 11.7 Å². The van der Waals surface area contributed by atoms with Crippen LogP contribution in [0.3, 0.4) is 0 Å². The largest absolute Gasteiger partial charge is 0.399 e. The van der Waals surface area contributed by atoms with E-state index in [1.165, 1.54) is 0 Å². The highest BCUT2D eigenvalue weighted by Gasteiger charge is 2.46. The average Bonchev–Trinajstić information content (AvgIpc) is 3.07. The number of aliphatic hydroxyl groups excluding tert-OH is 1. The smallest absolute Gasteiger partial charge is 0.226 e. The summed E-state index contributed by atoms with van der Waals surface area (Å²) in [6.07, 6.45) is 1.77. The summed E-state index contributed by atoms with van der Waals surface area (Å²) in [5.74, 6) is 0.0711. The van der Waals surface area contributed by atoms with Gasteiger partial charge >= 0.3 is 0 Å². The van der Waals surface area contributed by atoms with Gasteiger partial charge in [0.2, 0.25) is 5.91 Å². The van der Waals surface area contributed by atoms with Crippen molar-refractivity contribution < 1.29 is 9.90 Å². The molecule has 0 spiro atoms. The number of likely N-dealkylation sites (tertiary alicyclic amines) is 1. The predicted octanol–water partition coefficient (Wildman–Crippen LogP) is 1.07. The first-order valence-electron chi connectivity index (χ1n) is 6.01. The molecule has 1 aliphatic carbocycles. The molecule has 2 fully saturated rings. The molecule has 1 heterocycles.